The number of hydrogen-bond acceptors (Lipinski definition) is 4. The van der Waals surface area contributed by atoms with E-state index in [0.29, 0.717) is 12.2 Å². The van der Waals surface area contributed by atoms with E-state index >= 15 is 0 Å². The molecule has 0 unspecified atom stereocenters. The molecular weight excluding hydrogens is 282 g/mol. The van der Waals surface area contributed by atoms with Crippen LogP contribution in [0.5, 0.6) is 5.75 Å². The van der Waals surface area contributed by atoms with Gasteiger partial charge < -0.3 is 15.2 Å². The van der Waals surface area contributed by atoms with Crippen molar-refractivity contribution in [3.05, 3.63) is 65.7 Å². The Morgan fingerprint density at radius 3 is 2.32 bits per heavy atom. The number of benzene rings is 2. The van der Waals surface area contributed by atoms with E-state index in [1.54, 1.807) is 6.07 Å². The topological polar surface area (TPSA) is 78.6 Å². The quantitative estimate of drug-likeness (QED) is 0.789. The van der Waals surface area contributed by atoms with Crippen LogP contribution in [0, 0.1) is 0 Å². The Kier molecular flexibility index (Phi) is 5.54. The number of rotatable bonds is 7. The Bertz CT molecular complexity index is 640. The van der Waals surface area contributed by atoms with Gasteiger partial charge in [-0.1, -0.05) is 48.5 Å². The standard InChI is InChI=1S/C17H17NO4/c18-16(19)11-22-17(20)12-21-15-9-5-4-8-14(15)10-13-6-2-1-3-7-13/h1-9H,10-12H2,(H2,18,19). The second kappa shape index (κ2) is 7.83. The van der Waals surface area contributed by atoms with Crippen LogP contribution in [-0.4, -0.2) is 25.1 Å². The first-order chi connectivity index (χ1) is 10.6. The molecule has 2 aromatic rings. The minimum absolute atomic E-state index is 0.265. The van der Waals surface area contributed by atoms with Crippen molar-refractivity contribution in [2.24, 2.45) is 5.73 Å². The molecule has 0 aliphatic carbocycles. The fraction of sp³-hybridized carbons (Fsp3) is 0.176. The van der Waals surface area contributed by atoms with E-state index in [2.05, 4.69) is 4.74 Å². The van der Waals surface area contributed by atoms with Crippen LogP contribution in [0.15, 0.2) is 54.6 Å². The highest BCUT2D eigenvalue weighted by Gasteiger charge is 2.09. The molecule has 1 amide bonds. The lowest BCUT2D eigenvalue weighted by atomic mass is 10.0. The van der Waals surface area contributed by atoms with Gasteiger partial charge in [0.2, 0.25) is 0 Å². The van der Waals surface area contributed by atoms with Gasteiger partial charge in [-0.2, -0.15) is 0 Å². The summed E-state index contributed by atoms with van der Waals surface area (Å²) in [6.07, 6.45) is 0.702. The molecular formula is C17H17NO4. The summed E-state index contributed by atoms with van der Waals surface area (Å²) in [7, 11) is 0. The molecule has 0 radical (unpaired) electrons. The summed E-state index contributed by atoms with van der Waals surface area (Å²) in [4.78, 5) is 22.0. The normalized spacial score (nSPS) is 10.0. The predicted octanol–water partition coefficient (Wildman–Crippen LogP) is 1.68. The summed E-state index contributed by atoms with van der Waals surface area (Å²) in [5.41, 5.74) is 7.02. The highest BCUT2D eigenvalue weighted by Crippen LogP contribution is 2.21. The molecule has 2 aromatic carbocycles. The van der Waals surface area contributed by atoms with E-state index in [1.807, 2.05) is 48.5 Å². The molecule has 0 atom stereocenters. The van der Waals surface area contributed by atoms with Crippen LogP contribution in [0.25, 0.3) is 0 Å². The van der Waals surface area contributed by atoms with Gasteiger partial charge in [-0.05, 0) is 17.2 Å². The van der Waals surface area contributed by atoms with Crippen LogP contribution >= 0.6 is 0 Å². The molecule has 22 heavy (non-hydrogen) atoms. The Hall–Kier alpha value is -2.82. The minimum atomic E-state index is -0.696. The Morgan fingerprint density at radius 1 is 0.909 bits per heavy atom. The first-order valence-electron chi connectivity index (χ1n) is 6.83. The number of hydrogen-bond donors (Lipinski definition) is 1. The molecule has 0 bridgehead atoms. The number of esters is 1. The zero-order valence-corrected chi connectivity index (χ0v) is 12.0. The maximum absolute atomic E-state index is 11.4. The van der Waals surface area contributed by atoms with Crippen molar-refractivity contribution in [1.29, 1.82) is 0 Å². The summed E-state index contributed by atoms with van der Waals surface area (Å²) in [6.45, 7) is -0.701. The van der Waals surface area contributed by atoms with Crippen molar-refractivity contribution in [2.45, 2.75) is 6.42 Å². The third-order valence-corrected chi connectivity index (χ3v) is 2.93. The molecule has 114 valence electrons. The van der Waals surface area contributed by atoms with E-state index in [4.69, 9.17) is 10.5 Å². The minimum Gasteiger partial charge on any atom is -0.482 e. The predicted molar refractivity (Wildman–Crippen MR) is 81.3 cm³/mol. The van der Waals surface area contributed by atoms with Crippen molar-refractivity contribution >= 4 is 11.9 Å². The third kappa shape index (κ3) is 4.94. The highest BCUT2D eigenvalue weighted by atomic mass is 16.6. The van der Waals surface area contributed by atoms with Gasteiger partial charge in [0, 0.05) is 6.42 Å². The number of carbonyl (C=O) groups excluding carboxylic acids is 2. The van der Waals surface area contributed by atoms with Gasteiger partial charge in [-0.15, -0.1) is 0 Å². The number of carbonyl (C=O) groups is 2. The van der Waals surface area contributed by atoms with Gasteiger partial charge in [0.15, 0.2) is 13.2 Å². The molecule has 2 N–H and O–H groups in total. The average Bonchev–Trinajstić information content (AvgIpc) is 2.53. The summed E-state index contributed by atoms with van der Waals surface area (Å²) in [5.74, 6) is -0.714. The lowest BCUT2D eigenvalue weighted by Crippen LogP contribution is -2.23. The summed E-state index contributed by atoms with van der Waals surface area (Å²) in [5, 5.41) is 0. The Morgan fingerprint density at radius 2 is 1.59 bits per heavy atom. The summed E-state index contributed by atoms with van der Waals surface area (Å²) < 4.78 is 10.1. The first kappa shape index (κ1) is 15.6. The fourth-order valence-corrected chi connectivity index (χ4v) is 1.94. The van der Waals surface area contributed by atoms with Crippen molar-refractivity contribution in [3.63, 3.8) is 0 Å². The molecule has 0 saturated heterocycles. The van der Waals surface area contributed by atoms with Gasteiger partial charge in [0.1, 0.15) is 5.75 Å². The number of amides is 1. The number of nitrogens with two attached hydrogens (primary N) is 1. The van der Waals surface area contributed by atoms with Crippen LogP contribution in [-0.2, 0) is 20.7 Å². The molecule has 0 aliphatic heterocycles. The van der Waals surface area contributed by atoms with E-state index < -0.39 is 18.5 Å². The first-order valence-corrected chi connectivity index (χ1v) is 6.83. The molecule has 0 spiro atoms. The van der Waals surface area contributed by atoms with E-state index in [-0.39, 0.29) is 6.61 Å². The van der Waals surface area contributed by atoms with Gasteiger partial charge in [-0.3, -0.25) is 4.79 Å². The largest absolute Gasteiger partial charge is 0.482 e. The highest BCUT2D eigenvalue weighted by molar-refractivity contribution is 5.79. The summed E-state index contributed by atoms with van der Waals surface area (Å²) >= 11 is 0. The van der Waals surface area contributed by atoms with Crippen LogP contribution in [0.2, 0.25) is 0 Å². The van der Waals surface area contributed by atoms with E-state index in [0.717, 1.165) is 11.1 Å². The Balaban J connectivity index is 1.96. The van der Waals surface area contributed by atoms with Gasteiger partial charge in [0.05, 0.1) is 0 Å². The van der Waals surface area contributed by atoms with Crippen molar-refractivity contribution in [2.75, 3.05) is 13.2 Å². The fourth-order valence-electron chi connectivity index (χ4n) is 1.94. The lowest BCUT2D eigenvalue weighted by molar-refractivity contribution is -0.149. The van der Waals surface area contributed by atoms with Gasteiger partial charge in [0.25, 0.3) is 5.91 Å². The van der Waals surface area contributed by atoms with E-state index in [9.17, 15) is 9.59 Å². The molecule has 5 heteroatoms. The van der Waals surface area contributed by atoms with Gasteiger partial charge in [-0.25, -0.2) is 4.79 Å². The molecule has 0 saturated carbocycles. The van der Waals surface area contributed by atoms with Crippen LogP contribution in [0.1, 0.15) is 11.1 Å². The second-order valence-corrected chi connectivity index (χ2v) is 4.69. The maximum Gasteiger partial charge on any atom is 0.344 e. The smallest absolute Gasteiger partial charge is 0.344 e. The molecule has 5 nitrogen and oxygen atoms in total. The van der Waals surface area contributed by atoms with Gasteiger partial charge >= 0.3 is 5.97 Å². The third-order valence-electron chi connectivity index (χ3n) is 2.93. The summed E-state index contributed by atoms with van der Waals surface area (Å²) in [6, 6.07) is 17.4. The lowest BCUT2D eigenvalue weighted by Gasteiger charge is -2.11. The van der Waals surface area contributed by atoms with Crippen molar-refractivity contribution in [3.8, 4) is 5.75 Å². The monoisotopic (exact) mass is 299 g/mol. The number of ether oxygens (including phenoxy) is 2. The SMILES string of the molecule is NC(=O)COC(=O)COc1ccccc1Cc1ccccc1. The molecule has 0 aliphatic rings. The molecule has 0 heterocycles. The van der Waals surface area contributed by atoms with Crippen LogP contribution in [0.4, 0.5) is 0 Å². The maximum atomic E-state index is 11.4. The van der Waals surface area contributed by atoms with Crippen LogP contribution < -0.4 is 10.5 Å². The number of primary amides is 1. The van der Waals surface area contributed by atoms with E-state index in [1.165, 1.54) is 0 Å². The Labute approximate surface area is 128 Å². The molecule has 2 rings (SSSR count). The zero-order chi connectivity index (χ0) is 15.8. The van der Waals surface area contributed by atoms with Crippen LogP contribution in [0.3, 0.4) is 0 Å². The zero-order valence-electron chi connectivity index (χ0n) is 12.0. The number of para-hydroxylation sites is 1. The van der Waals surface area contributed by atoms with Crippen molar-refractivity contribution < 1.29 is 19.1 Å². The van der Waals surface area contributed by atoms with Crippen molar-refractivity contribution in [1.82, 2.24) is 0 Å². The second-order valence-electron chi connectivity index (χ2n) is 4.69. The molecule has 0 fully saturated rings. The average molecular weight is 299 g/mol. The molecule has 0 aromatic heterocycles.